The van der Waals surface area contributed by atoms with Gasteiger partial charge in [0, 0.05) is 37.6 Å². The van der Waals surface area contributed by atoms with Crippen molar-refractivity contribution in [2.24, 2.45) is 5.10 Å². The van der Waals surface area contributed by atoms with E-state index in [0.717, 1.165) is 10.0 Å². The van der Waals surface area contributed by atoms with Crippen LogP contribution in [-0.4, -0.2) is 67.9 Å². The highest BCUT2D eigenvalue weighted by molar-refractivity contribution is 9.10. The first kappa shape index (κ1) is 25.0. The average molecular weight is 537 g/mol. The number of nitrogens with one attached hydrogen (secondary N) is 1. The molecule has 0 bridgehead atoms. The average Bonchev–Trinajstić information content (AvgIpc) is 2.78. The van der Waals surface area contributed by atoms with Gasteiger partial charge < -0.3 is 4.74 Å². The molecule has 2 aromatic carbocycles. The van der Waals surface area contributed by atoms with E-state index in [4.69, 9.17) is 4.74 Å². The Morgan fingerprint density at radius 3 is 2.18 bits per heavy atom. The number of benzene rings is 2. The van der Waals surface area contributed by atoms with E-state index in [-0.39, 0.29) is 17.3 Å². The Labute approximate surface area is 201 Å². The Kier molecular flexibility index (Phi) is 8.35. The van der Waals surface area contributed by atoms with E-state index < -0.39 is 16.0 Å². The van der Waals surface area contributed by atoms with Crippen LogP contribution in [0, 0.1) is 0 Å². The van der Waals surface area contributed by atoms with Crippen LogP contribution in [0.25, 0.3) is 0 Å². The molecule has 0 radical (unpaired) electrons. The molecule has 11 heteroatoms. The number of hydrazone groups is 1. The number of nitrogens with zero attached hydrogens (tertiary/aromatic N) is 3. The Bertz CT molecular complexity index is 1130. The molecule has 0 atom stereocenters. The van der Waals surface area contributed by atoms with Crippen LogP contribution in [0.15, 0.2) is 63.0 Å². The summed E-state index contributed by atoms with van der Waals surface area (Å²) in [6, 6.07) is 13.3. The minimum atomic E-state index is -3.56. The molecule has 3 rings (SSSR count). The molecule has 1 saturated heterocycles. The van der Waals surface area contributed by atoms with Gasteiger partial charge in [-0.3, -0.25) is 14.5 Å². The van der Waals surface area contributed by atoms with Gasteiger partial charge in [-0.2, -0.15) is 9.41 Å². The lowest BCUT2D eigenvalue weighted by Crippen LogP contribution is -2.50. The zero-order valence-electron chi connectivity index (χ0n) is 18.3. The van der Waals surface area contributed by atoms with Gasteiger partial charge in [-0.1, -0.05) is 15.9 Å². The second kappa shape index (κ2) is 11.0. The largest absolute Gasteiger partial charge is 0.427 e. The minimum Gasteiger partial charge on any atom is -0.427 e. The number of rotatable bonds is 7. The predicted octanol–water partition coefficient (Wildman–Crippen LogP) is 2.22. The number of amides is 1. The van der Waals surface area contributed by atoms with Gasteiger partial charge in [-0.25, -0.2) is 13.8 Å². The first-order valence-electron chi connectivity index (χ1n) is 10.3. The lowest BCUT2D eigenvalue weighted by Gasteiger charge is -2.33. The Morgan fingerprint density at radius 1 is 1.00 bits per heavy atom. The maximum Gasteiger partial charge on any atom is 0.308 e. The Hall–Kier alpha value is -2.60. The van der Waals surface area contributed by atoms with E-state index >= 15 is 0 Å². The third kappa shape index (κ3) is 6.94. The molecule has 0 aliphatic carbocycles. The monoisotopic (exact) mass is 536 g/mol. The van der Waals surface area contributed by atoms with Crippen LogP contribution in [0.1, 0.15) is 19.4 Å². The highest BCUT2D eigenvalue weighted by atomic mass is 79.9. The van der Waals surface area contributed by atoms with Gasteiger partial charge in [-0.05, 0) is 61.0 Å². The van der Waals surface area contributed by atoms with Crippen molar-refractivity contribution in [2.45, 2.75) is 18.7 Å². The molecule has 0 unspecified atom stereocenters. The van der Waals surface area contributed by atoms with Crippen LogP contribution in [0.3, 0.4) is 0 Å². The number of carbonyl (C=O) groups excluding carboxylic acids is 2. The molecular formula is C22H25BrN4O5S. The third-order valence-corrected chi connectivity index (χ3v) is 7.47. The first-order chi connectivity index (χ1) is 15.6. The predicted molar refractivity (Wildman–Crippen MR) is 127 cm³/mol. The Balaban J connectivity index is 1.49. The summed E-state index contributed by atoms with van der Waals surface area (Å²) < 4.78 is 32.8. The zero-order chi connectivity index (χ0) is 24.0. The molecule has 1 N–H and O–H groups in total. The summed E-state index contributed by atoms with van der Waals surface area (Å²) >= 11 is 3.31. The Morgan fingerprint density at radius 2 is 1.61 bits per heavy atom. The highest BCUT2D eigenvalue weighted by Crippen LogP contribution is 2.20. The molecule has 2 aromatic rings. The lowest BCUT2D eigenvalue weighted by atomic mass is 10.1. The number of sulfonamides is 1. The molecule has 9 nitrogen and oxygen atoms in total. The fourth-order valence-electron chi connectivity index (χ4n) is 3.26. The van der Waals surface area contributed by atoms with Crippen LogP contribution in [-0.2, 0) is 19.6 Å². The maximum atomic E-state index is 12.8. The van der Waals surface area contributed by atoms with Crippen molar-refractivity contribution in [3.63, 3.8) is 0 Å². The molecule has 33 heavy (non-hydrogen) atoms. The molecule has 1 aliphatic heterocycles. The topological polar surface area (TPSA) is 108 Å². The molecule has 176 valence electrons. The normalized spacial score (nSPS) is 15.8. The molecule has 1 amide bonds. The lowest BCUT2D eigenvalue weighted by molar-refractivity contribution is -0.131. The summed E-state index contributed by atoms with van der Waals surface area (Å²) in [5.41, 5.74) is 3.91. The highest BCUT2D eigenvalue weighted by Gasteiger charge is 2.29. The first-order valence-corrected chi connectivity index (χ1v) is 12.5. The van der Waals surface area contributed by atoms with Crippen molar-refractivity contribution in [1.29, 1.82) is 0 Å². The van der Waals surface area contributed by atoms with Crippen LogP contribution in [0.4, 0.5) is 0 Å². The fraction of sp³-hybridized carbons (Fsp3) is 0.318. The van der Waals surface area contributed by atoms with Gasteiger partial charge in [0.05, 0.1) is 17.2 Å². The zero-order valence-corrected chi connectivity index (χ0v) is 20.7. The van der Waals surface area contributed by atoms with Gasteiger partial charge in [0.15, 0.2) is 0 Å². The van der Waals surface area contributed by atoms with Crippen molar-refractivity contribution in [3.8, 4) is 5.75 Å². The summed E-state index contributed by atoms with van der Waals surface area (Å²) in [5.74, 6) is -0.244. The molecule has 1 aliphatic rings. The number of piperazine rings is 1. The van der Waals surface area contributed by atoms with Crippen LogP contribution < -0.4 is 10.2 Å². The second-order valence-corrected chi connectivity index (χ2v) is 10.3. The molecule has 0 saturated carbocycles. The van der Waals surface area contributed by atoms with E-state index in [1.165, 1.54) is 11.2 Å². The molecular weight excluding hydrogens is 512 g/mol. The standard InChI is InChI=1S/C22H25BrN4O5S/c1-16(18-3-7-20(8-4-18)32-17(2)28)24-25-22(29)15-26-11-13-27(14-12-26)33(30,31)21-9-5-19(23)6-10-21/h3-10H,11-15H2,1-2H3,(H,25,29)/b24-16-. The summed E-state index contributed by atoms with van der Waals surface area (Å²) in [6.45, 7) is 4.72. The van der Waals surface area contributed by atoms with Crippen LogP contribution in [0.2, 0.25) is 0 Å². The number of carbonyl (C=O) groups is 2. The minimum absolute atomic E-state index is 0.119. The van der Waals surface area contributed by atoms with Crippen molar-refractivity contribution in [2.75, 3.05) is 32.7 Å². The van der Waals surface area contributed by atoms with Crippen molar-refractivity contribution in [3.05, 3.63) is 58.6 Å². The summed E-state index contributed by atoms with van der Waals surface area (Å²) in [6.07, 6.45) is 0. The number of ether oxygens (including phenoxy) is 1. The SMILES string of the molecule is CC(=O)Oc1ccc(/C(C)=N\NC(=O)CN2CCN(S(=O)(=O)c3ccc(Br)cc3)CC2)cc1. The van der Waals surface area contributed by atoms with Gasteiger partial charge in [0.25, 0.3) is 5.91 Å². The van der Waals surface area contributed by atoms with E-state index in [2.05, 4.69) is 26.5 Å². The van der Waals surface area contributed by atoms with E-state index in [9.17, 15) is 18.0 Å². The van der Waals surface area contributed by atoms with Crippen molar-refractivity contribution in [1.82, 2.24) is 14.6 Å². The summed E-state index contributed by atoms with van der Waals surface area (Å²) in [4.78, 5) is 25.4. The quantitative estimate of drug-likeness (QED) is 0.251. The third-order valence-electron chi connectivity index (χ3n) is 5.03. The number of esters is 1. The van der Waals surface area contributed by atoms with E-state index in [0.29, 0.717) is 37.6 Å². The smallest absolute Gasteiger partial charge is 0.308 e. The number of halogens is 1. The van der Waals surface area contributed by atoms with Crippen molar-refractivity contribution >= 4 is 43.5 Å². The summed E-state index contributed by atoms with van der Waals surface area (Å²) in [7, 11) is -3.56. The number of hydrogen-bond donors (Lipinski definition) is 1. The van der Waals surface area contributed by atoms with Gasteiger partial charge in [0.1, 0.15) is 5.75 Å². The van der Waals surface area contributed by atoms with E-state index in [1.54, 1.807) is 55.5 Å². The fourth-order valence-corrected chi connectivity index (χ4v) is 4.95. The van der Waals surface area contributed by atoms with Crippen molar-refractivity contribution < 1.29 is 22.7 Å². The molecule has 0 aromatic heterocycles. The maximum absolute atomic E-state index is 12.8. The molecule has 1 heterocycles. The molecule has 1 fully saturated rings. The molecule has 0 spiro atoms. The summed E-state index contributed by atoms with van der Waals surface area (Å²) in [5, 5.41) is 4.12. The van der Waals surface area contributed by atoms with Crippen LogP contribution >= 0.6 is 15.9 Å². The van der Waals surface area contributed by atoms with Gasteiger partial charge in [0.2, 0.25) is 10.0 Å². The van der Waals surface area contributed by atoms with Crippen LogP contribution in [0.5, 0.6) is 5.75 Å². The van der Waals surface area contributed by atoms with Gasteiger partial charge >= 0.3 is 5.97 Å². The second-order valence-electron chi connectivity index (χ2n) is 7.48. The van der Waals surface area contributed by atoms with Gasteiger partial charge in [-0.15, -0.1) is 0 Å². The van der Waals surface area contributed by atoms with E-state index in [1.807, 2.05) is 4.90 Å². The number of hydrogen-bond acceptors (Lipinski definition) is 7.